The Morgan fingerprint density at radius 3 is 2.65 bits per heavy atom. The van der Waals surface area contributed by atoms with Crippen molar-refractivity contribution in [1.29, 1.82) is 0 Å². The van der Waals surface area contributed by atoms with Crippen LogP contribution in [0, 0.1) is 13.8 Å². The lowest BCUT2D eigenvalue weighted by Crippen LogP contribution is -2.21. The molecular formula is C15H20N2. The van der Waals surface area contributed by atoms with Gasteiger partial charge < -0.3 is 10.7 Å². The average molecular weight is 228 g/mol. The van der Waals surface area contributed by atoms with Crippen LogP contribution in [0.1, 0.15) is 36.0 Å². The van der Waals surface area contributed by atoms with E-state index >= 15 is 0 Å². The lowest BCUT2D eigenvalue weighted by molar-refractivity contribution is 0.610. The number of aryl methyl sites for hydroxylation is 3. The highest BCUT2D eigenvalue weighted by molar-refractivity contribution is 5.84. The van der Waals surface area contributed by atoms with E-state index in [1.54, 1.807) is 0 Å². The summed E-state index contributed by atoms with van der Waals surface area (Å²) in [7, 11) is 0. The Morgan fingerprint density at radius 2 is 1.94 bits per heavy atom. The third-order valence-electron chi connectivity index (χ3n) is 4.17. The Labute approximate surface area is 102 Å². The third kappa shape index (κ3) is 1.98. The number of aromatic nitrogens is 1. The van der Waals surface area contributed by atoms with Crippen LogP contribution in [0.4, 0.5) is 0 Å². The molecule has 0 atom stereocenters. The van der Waals surface area contributed by atoms with E-state index in [9.17, 15) is 0 Å². The first kappa shape index (κ1) is 10.8. The summed E-state index contributed by atoms with van der Waals surface area (Å²) in [6.45, 7) is 4.34. The van der Waals surface area contributed by atoms with Crippen molar-refractivity contribution in [2.45, 2.75) is 45.1 Å². The van der Waals surface area contributed by atoms with Crippen molar-refractivity contribution in [3.63, 3.8) is 0 Å². The Kier molecular flexibility index (Phi) is 2.30. The van der Waals surface area contributed by atoms with Gasteiger partial charge in [0.25, 0.3) is 0 Å². The summed E-state index contributed by atoms with van der Waals surface area (Å²) in [5.41, 5.74) is 11.7. The number of hydrogen-bond acceptors (Lipinski definition) is 1. The minimum absolute atomic E-state index is 0.156. The number of nitrogens with one attached hydrogen (secondary N) is 1. The van der Waals surface area contributed by atoms with Crippen LogP contribution in [-0.2, 0) is 6.42 Å². The topological polar surface area (TPSA) is 41.8 Å². The molecule has 90 valence electrons. The van der Waals surface area contributed by atoms with Crippen LogP contribution in [-0.4, -0.2) is 10.5 Å². The molecule has 1 saturated carbocycles. The summed E-state index contributed by atoms with van der Waals surface area (Å²) in [5.74, 6) is 0. The van der Waals surface area contributed by atoms with E-state index in [1.165, 1.54) is 40.4 Å². The molecule has 1 aromatic heterocycles. The number of hydrogen-bond donors (Lipinski definition) is 2. The summed E-state index contributed by atoms with van der Waals surface area (Å²) < 4.78 is 0. The van der Waals surface area contributed by atoms with Crippen LogP contribution in [0.5, 0.6) is 0 Å². The van der Waals surface area contributed by atoms with Crippen molar-refractivity contribution < 1.29 is 0 Å². The predicted molar refractivity (Wildman–Crippen MR) is 72.2 cm³/mol. The highest BCUT2D eigenvalue weighted by atomic mass is 14.8. The molecule has 0 unspecified atom stereocenters. The molecule has 0 amide bonds. The Morgan fingerprint density at radius 1 is 1.24 bits per heavy atom. The van der Waals surface area contributed by atoms with Gasteiger partial charge in [-0.25, -0.2) is 0 Å². The quantitative estimate of drug-likeness (QED) is 0.832. The Bertz CT molecular complexity index is 562. The van der Waals surface area contributed by atoms with E-state index in [-0.39, 0.29) is 5.54 Å². The molecule has 3 N–H and O–H groups in total. The standard InChI is InChI=1S/C15H20N2/c1-10-7-13-12(3-4-15(16)5-6-15)9-17-14(13)8-11(10)2/h7-9,17H,3-6,16H2,1-2H3. The smallest absolute Gasteiger partial charge is 0.0459 e. The number of aromatic amines is 1. The second-order valence-corrected chi connectivity index (χ2v) is 5.66. The maximum atomic E-state index is 6.15. The Hall–Kier alpha value is -1.28. The summed E-state index contributed by atoms with van der Waals surface area (Å²) in [6, 6.07) is 4.54. The first-order valence-electron chi connectivity index (χ1n) is 6.43. The first-order chi connectivity index (χ1) is 8.07. The number of fused-ring (bicyclic) bond motifs is 1. The summed E-state index contributed by atoms with van der Waals surface area (Å²) in [6.07, 6.45) is 6.77. The Balaban J connectivity index is 1.91. The number of rotatable bonds is 3. The maximum Gasteiger partial charge on any atom is 0.0459 e. The van der Waals surface area contributed by atoms with E-state index < -0.39 is 0 Å². The molecule has 1 heterocycles. The fraction of sp³-hybridized carbons (Fsp3) is 0.467. The van der Waals surface area contributed by atoms with Crippen LogP contribution in [0.2, 0.25) is 0 Å². The van der Waals surface area contributed by atoms with Crippen LogP contribution >= 0.6 is 0 Å². The van der Waals surface area contributed by atoms with Crippen LogP contribution < -0.4 is 5.73 Å². The van der Waals surface area contributed by atoms with Crippen molar-refractivity contribution in [2.24, 2.45) is 5.73 Å². The molecule has 0 aliphatic heterocycles. The molecular weight excluding hydrogens is 208 g/mol. The maximum absolute atomic E-state index is 6.15. The molecule has 2 nitrogen and oxygen atoms in total. The van der Waals surface area contributed by atoms with E-state index in [4.69, 9.17) is 5.73 Å². The summed E-state index contributed by atoms with van der Waals surface area (Å²) >= 11 is 0. The minimum atomic E-state index is 0.156. The fourth-order valence-electron chi connectivity index (χ4n) is 2.44. The zero-order chi connectivity index (χ0) is 12.0. The molecule has 0 saturated heterocycles. The van der Waals surface area contributed by atoms with Crippen molar-refractivity contribution in [1.82, 2.24) is 4.98 Å². The summed E-state index contributed by atoms with van der Waals surface area (Å²) in [5, 5.41) is 1.37. The molecule has 0 spiro atoms. The molecule has 1 fully saturated rings. The van der Waals surface area contributed by atoms with Crippen molar-refractivity contribution in [3.05, 3.63) is 35.0 Å². The zero-order valence-corrected chi connectivity index (χ0v) is 10.6. The van der Waals surface area contributed by atoms with Gasteiger partial charge in [-0.3, -0.25) is 0 Å². The molecule has 1 aliphatic carbocycles. The van der Waals surface area contributed by atoms with E-state index in [1.807, 2.05) is 0 Å². The van der Waals surface area contributed by atoms with Crippen LogP contribution in [0.3, 0.4) is 0 Å². The first-order valence-corrected chi connectivity index (χ1v) is 6.43. The van der Waals surface area contributed by atoms with Gasteiger partial charge in [-0.15, -0.1) is 0 Å². The SMILES string of the molecule is Cc1cc2[nH]cc(CCC3(N)CC3)c2cc1C. The van der Waals surface area contributed by atoms with Gasteiger partial charge in [-0.2, -0.15) is 0 Å². The molecule has 1 aromatic carbocycles. The van der Waals surface area contributed by atoms with Crippen molar-refractivity contribution in [3.8, 4) is 0 Å². The molecule has 0 radical (unpaired) electrons. The predicted octanol–water partition coefficient (Wildman–Crippen LogP) is 3.21. The van der Waals surface area contributed by atoms with Crippen molar-refractivity contribution >= 4 is 10.9 Å². The number of H-pyrrole nitrogens is 1. The highest BCUT2D eigenvalue weighted by Crippen LogP contribution is 2.37. The van der Waals surface area contributed by atoms with Gasteiger partial charge in [0.2, 0.25) is 0 Å². The van der Waals surface area contributed by atoms with E-state index in [2.05, 4.69) is 37.2 Å². The van der Waals surface area contributed by atoms with E-state index in [0.717, 1.165) is 12.8 Å². The number of benzene rings is 1. The second-order valence-electron chi connectivity index (χ2n) is 5.66. The van der Waals surface area contributed by atoms with Gasteiger partial charge in [-0.05, 0) is 68.4 Å². The van der Waals surface area contributed by atoms with Gasteiger partial charge in [0.15, 0.2) is 0 Å². The average Bonchev–Trinajstić information content (AvgIpc) is 2.90. The molecule has 1 aliphatic rings. The second kappa shape index (κ2) is 3.61. The normalized spacial score (nSPS) is 17.6. The largest absolute Gasteiger partial charge is 0.361 e. The zero-order valence-electron chi connectivity index (χ0n) is 10.6. The molecule has 17 heavy (non-hydrogen) atoms. The number of nitrogens with two attached hydrogens (primary N) is 1. The van der Waals surface area contributed by atoms with Gasteiger partial charge in [0, 0.05) is 22.6 Å². The van der Waals surface area contributed by atoms with Crippen LogP contribution in [0.15, 0.2) is 18.3 Å². The van der Waals surface area contributed by atoms with Crippen LogP contribution in [0.25, 0.3) is 10.9 Å². The summed E-state index contributed by atoms with van der Waals surface area (Å²) in [4.78, 5) is 3.37. The van der Waals surface area contributed by atoms with Gasteiger partial charge in [-0.1, -0.05) is 0 Å². The third-order valence-corrected chi connectivity index (χ3v) is 4.17. The molecule has 2 aromatic rings. The molecule has 0 bridgehead atoms. The fourth-order valence-corrected chi connectivity index (χ4v) is 2.44. The molecule has 3 rings (SSSR count). The highest BCUT2D eigenvalue weighted by Gasteiger charge is 2.37. The lowest BCUT2D eigenvalue weighted by atomic mass is 10.0. The van der Waals surface area contributed by atoms with Gasteiger partial charge in [0.05, 0.1) is 0 Å². The van der Waals surface area contributed by atoms with Gasteiger partial charge >= 0.3 is 0 Å². The van der Waals surface area contributed by atoms with Crippen molar-refractivity contribution in [2.75, 3.05) is 0 Å². The monoisotopic (exact) mass is 228 g/mol. The lowest BCUT2D eigenvalue weighted by Gasteiger charge is -2.07. The minimum Gasteiger partial charge on any atom is -0.361 e. The molecule has 2 heteroatoms. The van der Waals surface area contributed by atoms with Gasteiger partial charge in [0.1, 0.15) is 0 Å². The van der Waals surface area contributed by atoms with E-state index in [0.29, 0.717) is 0 Å².